The van der Waals surface area contributed by atoms with Gasteiger partial charge in [-0.2, -0.15) is 4.39 Å². The number of benzene rings is 4. The van der Waals surface area contributed by atoms with Crippen LogP contribution in [0.1, 0.15) is 32.7 Å². The fourth-order valence-electron chi connectivity index (χ4n) is 4.72. The lowest BCUT2D eigenvalue weighted by Gasteiger charge is -2.37. The van der Waals surface area contributed by atoms with Crippen molar-refractivity contribution >= 4 is 18.0 Å². The number of hydrogen-bond acceptors (Lipinski definition) is 3. The molecule has 0 saturated carbocycles. The first-order valence-corrected chi connectivity index (χ1v) is 12.2. The van der Waals surface area contributed by atoms with Crippen LogP contribution in [0.25, 0.3) is 6.08 Å². The van der Waals surface area contributed by atoms with Crippen LogP contribution in [0, 0.1) is 6.08 Å². The fourth-order valence-corrected chi connectivity index (χ4v) is 4.72. The molecule has 0 atom stereocenters. The third-order valence-electron chi connectivity index (χ3n) is 6.42. The molecule has 4 aromatic carbocycles. The molecule has 0 bridgehead atoms. The van der Waals surface area contributed by atoms with Gasteiger partial charge in [-0.3, -0.25) is 9.36 Å². The van der Waals surface area contributed by atoms with E-state index < -0.39 is 29.2 Å². The molecule has 6 nitrogen and oxygen atoms in total. The number of carboxylic acid groups (broad SMARTS) is 1. The normalized spacial score (nSPS) is 11.7. The van der Waals surface area contributed by atoms with E-state index in [2.05, 4.69) is 10.3 Å². The topological polar surface area (TPSA) is 84.2 Å². The van der Waals surface area contributed by atoms with Gasteiger partial charge in [0.05, 0.1) is 5.69 Å². The van der Waals surface area contributed by atoms with Crippen molar-refractivity contribution in [3.63, 3.8) is 0 Å². The second-order valence-corrected chi connectivity index (χ2v) is 8.80. The zero-order valence-electron chi connectivity index (χ0n) is 20.7. The Labute approximate surface area is 224 Å². The highest BCUT2D eigenvalue weighted by atomic mass is 19.1. The van der Waals surface area contributed by atoms with Crippen molar-refractivity contribution in [3.05, 3.63) is 167 Å². The number of aliphatic carboxylic acids is 1. The van der Waals surface area contributed by atoms with Gasteiger partial charge < -0.3 is 10.4 Å². The number of aromatic nitrogens is 2. The molecule has 0 saturated heterocycles. The molecular weight excluding hydrogens is 493 g/mol. The van der Waals surface area contributed by atoms with Crippen LogP contribution in [0.5, 0.6) is 0 Å². The van der Waals surface area contributed by atoms with Gasteiger partial charge in [0.25, 0.3) is 12.0 Å². The first kappa shape index (κ1) is 25.4. The van der Waals surface area contributed by atoms with Crippen molar-refractivity contribution in [2.75, 3.05) is 0 Å². The van der Waals surface area contributed by atoms with Gasteiger partial charge in [0.1, 0.15) is 11.2 Å². The van der Waals surface area contributed by atoms with Crippen LogP contribution in [0.4, 0.5) is 4.39 Å². The Kier molecular flexibility index (Phi) is 7.14. The average Bonchev–Trinajstić information content (AvgIpc) is 3.35. The first-order chi connectivity index (χ1) is 19.0. The smallest absolute Gasteiger partial charge is 0.352 e. The van der Waals surface area contributed by atoms with Gasteiger partial charge in [0, 0.05) is 11.8 Å². The number of carbonyl (C=O) groups is 2. The van der Waals surface area contributed by atoms with E-state index in [-0.39, 0.29) is 11.3 Å². The van der Waals surface area contributed by atoms with E-state index >= 15 is 4.39 Å². The summed E-state index contributed by atoms with van der Waals surface area (Å²) in [5.74, 6) is -1.98. The van der Waals surface area contributed by atoms with Gasteiger partial charge in [-0.15, -0.1) is 0 Å². The lowest BCUT2D eigenvalue weighted by Crippen LogP contribution is -2.38. The zero-order chi connectivity index (χ0) is 27.2. The van der Waals surface area contributed by atoms with E-state index in [9.17, 15) is 14.7 Å². The van der Waals surface area contributed by atoms with Gasteiger partial charge in [0.2, 0.25) is 0 Å². The van der Waals surface area contributed by atoms with Crippen molar-refractivity contribution in [3.8, 4) is 0 Å². The summed E-state index contributed by atoms with van der Waals surface area (Å²) < 4.78 is 17.3. The maximum atomic E-state index is 15.9. The molecule has 5 aromatic rings. The molecule has 0 aliphatic carbocycles. The Balaban J connectivity index is 1.68. The van der Waals surface area contributed by atoms with Gasteiger partial charge in [-0.05, 0) is 34.9 Å². The molecule has 1 heterocycles. The standard InChI is InChI=1S/C32H24FN3O3/c33-31-34-27(21-28(30(38)39)35-29(37)23-13-5-1-6-14-23)22-36(31)32(24-15-7-2-8-16-24,25-17-9-3-10-18-25)26-19-11-4-12-20-26/h1-22H,(H,35,37)(H,38,39). The minimum absolute atomic E-state index is 0.0328. The molecule has 1 amide bonds. The SMILES string of the molecule is O=C(O)C(=Cc1cn(C(c2ccccc2)(c2ccccc2)c2ccccc2)c(F)n1)NC(=O)c1ccccc1. The largest absolute Gasteiger partial charge is 0.477 e. The molecule has 0 aliphatic rings. The number of nitrogens with zero attached hydrogens (tertiary/aromatic N) is 2. The summed E-state index contributed by atoms with van der Waals surface area (Å²) >= 11 is 0. The molecule has 192 valence electrons. The lowest BCUT2D eigenvalue weighted by molar-refractivity contribution is -0.132. The fraction of sp³-hybridized carbons (Fsp3) is 0.0312. The summed E-state index contributed by atoms with van der Waals surface area (Å²) in [6, 6.07) is 36.7. The van der Waals surface area contributed by atoms with Crippen molar-refractivity contribution in [2.24, 2.45) is 0 Å². The highest BCUT2D eigenvalue weighted by molar-refractivity contribution is 6.02. The Bertz CT molecular complexity index is 1520. The van der Waals surface area contributed by atoms with Crippen molar-refractivity contribution in [2.45, 2.75) is 5.54 Å². The maximum Gasteiger partial charge on any atom is 0.352 e. The van der Waals surface area contributed by atoms with E-state index in [4.69, 9.17) is 0 Å². The molecule has 5 rings (SSSR count). The van der Waals surface area contributed by atoms with E-state index in [1.165, 1.54) is 10.8 Å². The van der Waals surface area contributed by atoms with E-state index in [1.54, 1.807) is 30.3 Å². The molecule has 1 aromatic heterocycles. The number of carbonyl (C=O) groups excluding carboxylic acids is 1. The number of carboxylic acids is 1. The number of amides is 1. The van der Waals surface area contributed by atoms with Crippen molar-refractivity contribution in [1.82, 2.24) is 14.9 Å². The summed E-state index contributed by atoms with van der Waals surface area (Å²) in [5, 5.41) is 12.2. The highest BCUT2D eigenvalue weighted by Gasteiger charge is 2.40. The number of hydrogen-bond donors (Lipinski definition) is 2. The third kappa shape index (κ3) is 4.98. The molecule has 0 unspecified atom stereocenters. The van der Waals surface area contributed by atoms with Gasteiger partial charge in [-0.25, -0.2) is 9.78 Å². The van der Waals surface area contributed by atoms with Crippen LogP contribution in [-0.4, -0.2) is 26.5 Å². The van der Waals surface area contributed by atoms with Crippen LogP contribution < -0.4 is 5.32 Å². The second kappa shape index (κ2) is 11.0. The van der Waals surface area contributed by atoms with Crippen LogP contribution in [0.3, 0.4) is 0 Å². The summed E-state index contributed by atoms with van der Waals surface area (Å²) in [5.41, 5.74) is 1.07. The quantitative estimate of drug-likeness (QED) is 0.204. The molecule has 2 N–H and O–H groups in total. The summed E-state index contributed by atoms with van der Waals surface area (Å²) in [7, 11) is 0. The third-order valence-corrected chi connectivity index (χ3v) is 6.42. The molecule has 0 radical (unpaired) electrons. The van der Waals surface area contributed by atoms with Crippen molar-refractivity contribution < 1.29 is 19.1 Å². The lowest BCUT2D eigenvalue weighted by atomic mass is 9.76. The van der Waals surface area contributed by atoms with Gasteiger partial charge in [-0.1, -0.05) is 109 Å². The number of nitrogens with one attached hydrogen (secondary N) is 1. The van der Waals surface area contributed by atoms with E-state index in [0.29, 0.717) is 0 Å². The molecule has 39 heavy (non-hydrogen) atoms. The molecule has 0 aliphatic heterocycles. The van der Waals surface area contributed by atoms with Gasteiger partial charge in [0.15, 0.2) is 0 Å². The molecule has 0 fully saturated rings. The molecular formula is C32H24FN3O3. The van der Waals surface area contributed by atoms with Crippen LogP contribution in [-0.2, 0) is 10.3 Å². The summed E-state index contributed by atoms with van der Waals surface area (Å²) in [4.78, 5) is 28.7. The Hall–Kier alpha value is -5.30. The number of halogens is 1. The minimum Gasteiger partial charge on any atom is -0.477 e. The molecule has 7 heteroatoms. The van der Waals surface area contributed by atoms with Crippen LogP contribution >= 0.6 is 0 Å². The Morgan fingerprint density at radius 3 is 1.62 bits per heavy atom. The first-order valence-electron chi connectivity index (χ1n) is 12.2. The predicted octanol–water partition coefficient (Wildman–Crippen LogP) is 5.72. The number of imidazole rings is 1. The predicted molar refractivity (Wildman–Crippen MR) is 146 cm³/mol. The zero-order valence-corrected chi connectivity index (χ0v) is 20.7. The second-order valence-electron chi connectivity index (χ2n) is 8.80. The van der Waals surface area contributed by atoms with Crippen molar-refractivity contribution in [1.29, 1.82) is 0 Å². The summed E-state index contributed by atoms with van der Waals surface area (Å²) in [6.07, 6.45) is 1.78. The molecule has 0 spiro atoms. The summed E-state index contributed by atoms with van der Waals surface area (Å²) in [6.45, 7) is 0. The minimum atomic E-state index is -1.38. The monoisotopic (exact) mass is 517 g/mol. The van der Waals surface area contributed by atoms with E-state index in [1.807, 2.05) is 91.0 Å². The average molecular weight is 518 g/mol. The Morgan fingerprint density at radius 1 is 0.744 bits per heavy atom. The van der Waals surface area contributed by atoms with Gasteiger partial charge >= 0.3 is 5.97 Å². The highest BCUT2D eigenvalue weighted by Crippen LogP contribution is 2.41. The maximum absolute atomic E-state index is 15.9. The Morgan fingerprint density at radius 2 is 1.18 bits per heavy atom. The van der Waals surface area contributed by atoms with Crippen LogP contribution in [0.15, 0.2) is 133 Å². The van der Waals surface area contributed by atoms with Crippen LogP contribution in [0.2, 0.25) is 0 Å². The van der Waals surface area contributed by atoms with E-state index in [0.717, 1.165) is 22.8 Å². The number of rotatable bonds is 8.